The number of hydrogen-bond donors (Lipinski definition) is 1. The molecule has 206 valence electrons. The number of anilines is 1. The fourth-order valence-electron chi connectivity index (χ4n) is 5.50. The molecule has 10 nitrogen and oxygen atoms in total. The van der Waals surface area contributed by atoms with Gasteiger partial charge in [-0.1, -0.05) is 19.6 Å². The zero-order valence-electron chi connectivity index (χ0n) is 23.3. The fourth-order valence-corrected chi connectivity index (χ4v) is 6.25. The maximum absolute atomic E-state index is 9.68. The molecule has 11 heteroatoms. The maximum atomic E-state index is 9.68. The third-order valence-electron chi connectivity index (χ3n) is 7.79. The number of aromatic nitrogens is 7. The van der Waals surface area contributed by atoms with Crippen LogP contribution in [0.3, 0.4) is 0 Å². The zero-order chi connectivity index (χ0) is 27.7. The van der Waals surface area contributed by atoms with E-state index >= 15 is 0 Å². The topological polar surface area (TPSA) is 113 Å². The van der Waals surface area contributed by atoms with Gasteiger partial charge < -0.3 is 19.2 Å². The summed E-state index contributed by atoms with van der Waals surface area (Å²) in [5.41, 5.74) is 3.50. The van der Waals surface area contributed by atoms with Crippen LogP contribution in [-0.2, 0) is 11.5 Å². The number of pyridine rings is 1. The van der Waals surface area contributed by atoms with Gasteiger partial charge in [-0.3, -0.25) is 4.68 Å². The number of nitriles is 1. The summed E-state index contributed by atoms with van der Waals surface area (Å²) in [5.74, 6) is 1.25. The first kappa shape index (κ1) is 26.2. The summed E-state index contributed by atoms with van der Waals surface area (Å²) >= 11 is 0. The minimum absolute atomic E-state index is 0.0281. The Bertz CT molecular complexity index is 1660. The van der Waals surface area contributed by atoms with Gasteiger partial charge in [-0.05, 0) is 36.7 Å². The van der Waals surface area contributed by atoms with E-state index in [1.54, 1.807) is 6.33 Å². The highest BCUT2D eigenvalue weighted by molar-refractivity contribution is 6.76. The highest BCUT2D eigenvalue weighted by Crippen LogP contribution is 2.34. The van der Waals surface area contributed by atoms with E-state index in [1.807, 2.05) is 46.2 Å². The number of ether oxygens (including phenoxy) is 1. The zero-order valence-corrected chi connectivity index (χ0v) is 24.3. The summed E-state index contributed by atoms with van der Waals surface area (Å²) < 4.78 is 9.95. The Balaban J connectivity index is 1.19. The van der Waals surface area contributed by atoms with Gasteiger partial charge in [-0.25, -0.2) is 15.0 Å². The van der Waals surface area contributed by atoms with Crippen LogP contribution in [0.5, 0.6) is 0 Å². The van der Waals surface area contributed by atoms with Crippen LogP contribution in [0.25, 0.3) is 33.3 Å². The fraction of sp³-hybridized carbons (Fsp3) is 0.414. The molecule has 0 spiro atoms. The lowest BCUT2D eigenvalue weighted by Gasteiger charge is -2.23. The molecular weight excluding hydrogens is 518 g/mol. The summed E-state index contributed by atoms with van der Waals surface area (Å²) in [6.07, 6.45) is 10.8. The molecule has 0 aliphatic carbocycles. The van der Waals surface area contributed by atoms with Crippen LogP contribution in [0.4, 0.5) is 5.82 Å². The molecule has 1 aliphatic heterocycles. The lowest BCUT2D eigenvalue weighted by atomic mass is 9.96. The van der Waals surface area contributed by atoms with Crippen LogP contribution in [0.2, 0.25) is 25.7 Å². The van der Waals surface area contributed by atoms with E-state index in [0.717, 1.165) is 71.3 Å². The smallest absolute Gasteiger partial charge is 0.145 e. The lowest BCUT2D eigenvalue weighted by molar-refractivity contribution is 0.0899. The highest BCUT2D eigenvalue weighted by Gasteiger charge is 2.32. The molecule has 1 aliphatic rings. The molecule has 0 aromatic carbocycles. The predicted octanol–water partition coefficient (Wildman–Crippen LogP) is 5.46. The molecule has 6 rings (SSSR count). The number of hydrogen-bond acceptors (Lipinski definition) is 7. The van der Waals surface area contributed by atoms with E-state index in [0.29, 0.717) is 13.2 Å². The van der Waals surface area contributed by atoms with Crippen LogP contribution in [0, 0.1) is 17.2 Å². The van der Waals surface area contributed by atoms with E-state index in [9.17, 15) is 5.26 Å². The molecule has 1 unspecified atom stereocenters. The van der Waals surface area contributed by atoms with Crippen molar-refractivity contribution >= 4 is 36.0 Å². The summed E-state index contributed by atoms with van der Waals surface area (Å²) in [7, 11) is -1.13. The molecule has 1 fully saturated rings. The number of nitrogens with zero attached hydrogens (tertiary/aromatic N) is 8. The molecular formula is C29H35N9OSi. The molecule has 0 radical (unpaired) electrons. The Hall–Kier alpha value is -4.01. The summed E-state index contributed by atoms with van der Waals surface area (Å²) in [5, 5.41) is 16.5. The van der Waals surface area contributed by atoms with Crippen molar-refractivity contribution in [1.82, 2.24) is 34.3 Å². The third kappa shape index (κ3) is 5.37. The number of nitrogens with one attached hydrogen (secondary N) is 1. The molecule has 6 heterocycles. The Morgan fingerprint density at radius 1 is 1.20 bits per heavy atom. The van der Waals surface area contributed by atoms with Gasteiger partial charge in [0.15, 0.2) is 0 Å². The van der Waals surface area contributed by atoms with Crippen LogP contribution in [0.15, 0.2) is 55.4 Å². The SMILES string of the molecule is C[Si](C)(C)CCOCn1ccc2c(-c3cnn(C(CC#N)[C@H]4CCN(c5ccc6cc[nH]c6n5)C4)c3)ncnc21. The van der Waals surface area contributed by atoms with Crippen molar-refractivity contribution in [2.75, 3.05) is 24.6 Å². The van der Waals surface area contributed by atoms with Crippen molar-refractivity contribution < 1.29 is 4.74 Å². The Labute approximate surface area is 234 Å². The van der Waals surface area contributed by atoms with Crippen molar-refractivity contribution in [3.05, 3.63) is 55.4 Å². The van der Waals surface area contributed by atoms with Gasteiger partial charge in [0.25, 0.3) is 0 Å². The molecule has 0 amide bonds. The second kappa shape index (κ2) is 10.9. The van der Waals surface area contributed by atoms with E-state index < -0.39 is 8.07 Å². The van der Waals surface area contributed by atoms with Crippen molar-refractivity contribution in [1.29, 1.82) is 5.26 Å². The van der Waals surface area contributed by atoms with E-state index in [1.165, 1.54) is 0 Å². The van der Waals surface area contributed by atoms with Gasteiger partial charge in [0, 0.05) is 68.6 Å². The summed E-state index contributed by atoms with van der Waals surface area (Å²) in [4.78, 5) is 19.5. The van der Waals surface area contributed by atoms with Crippen molar-refractivity contribution in [2.24, 2.45) is 5.92 Å². The lowest BCUT2D eigenvalue weighted by Crippen LogP contribution is -2.25. The molecule has 0 saturated carbocycles. The minimum Gasteiger partial charge on any atom is -0.361 e. The first-order valence-electron chi connectivity index (χ1n) is 13.9. The normalized spacial score (nSPS) is 16.6. The maximum Gasteiger partial charge on any atom is 0.145 e. The van der Waals surface area contributed by atoms with Crippen LogP contribution in [-0.4, -0.2) is 62.1 Å². The first-order chi connectivity index (χ1) is 19.4. The first-order valence-corrected chi connectivity index (χ1v) is 17.6. The summed E-state index contributed by atoms with van der Waals surface area (Å²) in [6.45, 7) is 10.0. The Morgan fingerprint density at radius 2 is 2.10 bits per heavy atom. The molecule has 5 aromatic heterocycles. The predicted molar refractivity (Wildman–Crippen MR) is 159 cm³/mol. The summed E-state index contributed by atoms with van der Waals surface area (Å²) in [6, 6.07) is 11.7. The minimum atomic E-state index is -1.13. The van der Waals surface area contributed by atoms with Gasteiger partial charge in [0.1, 0.15) is 30.2 Å². The number of fused-ring (bicyclic) bond motifs is 2. The number of rotatable bonds is 10. The van der Waals surface area contributed by atoms with Gasteiger partial charge >= 0.3 is 0 Å². The van der Waals surface area contributed by atoms with Crippen LogP contribution < -0.4 is 4.90 Å². The second-order valence-corrected chi connectivity index (χ2v) is 17.4. The standard InChI is InChI=1S/C29H35N9OSi/c1-40(2,3)15-14-39-20-37-13-9-24-27(32-19-33-29(24)37)23-16-34-38(18-23)25(6-10-30)22-8-12-36(17-22)26-5-4-21-7-11-31-28(21)35-26/h4-5,7,9,11,13,16,18-19,22,25H,6,8,12,14-15,17,20H2,1-3H3,(H,31,35)/t22-,25?/m0/s1. The van der Waals surface area contributed by atoms with Crippen molar-refractivity contribution in [2.45, 2.75) is 51.3 Å². The second-order valence-electron chi connectivity index (χ2n) is 11.8. The van der Waals surface area contributed by atoms with Crippen molar-refractivity contribution in [3.63, 3.8) is 0 Å². The largest absolute Gasteiger partial charge is 0.361 e. The van der Waals surface area contributed by atoms with Gasteiger partial charge in [-0.2, -0.15) is 10.4 Å². The average molecular weight is 554 g/mol. The quantitative estimate of drug-likeness (QED) is 0.180. The van der Waals surface area contributed by atoms with Crippen LogP contribution in [0.1, 0.15) is 18.9 Å². The van der Waals surface area contributed by atoms with E-state index in [2.05, 4.69) is 57.7 Å². The molecule has 1 saturated heterocycles. The molecule has 0 bridgehead atoms. The third-order valence-corrected chi connectivity index (χ3v) is 9.49. The monoisotopic (exact) mass is 553 g/mol. The Morgan fingerprint density at radius 3 is 2.95 bits per heavy atom. The molecule has 5 aromatic rings. The van der Waals surface area contributed by atoms with E-state index in [-0.39, 0.29) is 12.0 Å². The highest BCUT2D eigenvalue weighted by atomic mass is 28.3. The van der Waals surface area contributed by atoms with Gasteiger partial charge in [0.05, 0.1) is 30.4 Å². The number of aromatic amines is 1. The van der Waals surface area contributed by atoms with Gasteiger partial charge in [0.2, 0.25) is 0 Å². The molecule has 40 heavy (non-hydrogen) atoms. The van der Waals surface area contributed by atoms with Gasteiger partial charge in [-0.15, -0.1) is 0 Å². The molecule has 1 N–H and O–H groups in total. The average Bonchev–Trinajstić information content (AvgIpc) is 3.75. The van der Waals surface area contributed by atoms with Crippen molar-refractivity contribution in [3.8, 4) is 17.3 Å². The number of H-pyrrole nitrogens is 1. The van der Waals surface area contributed by atoms with E-state index in [4.69, 9.17) is 14.8 Å². The Kier molecular flexibility index (Phi) is 7.12. The van der Waals surface area contributed by atoms with Crippen LogP contribution >= 0.6 is 0 Å². The molecule has 2 atom stereocenters.